The van der Waals surface area contributed by atoms with Crippen LogP contribution in [0.3, 0.4) is 0 Å². The minimum atomic E-state index is -0.626. The molecule has 0 heterocycles. The zero-order chi connectivity index (χ0) is 14.9. The van der Waals surface area contributed by atoms with Crippen molar-refractivity contribution in [2.75, 3.05) is 7.05 Å². The summed E-state index contributed by atoms with van der Waals surface area (Å²) in [7, 11) is 1.94. The van der Waals surface area contributed by atoms with Gasteiger partial charge in [0.25, 0.3) is 0 Å². The lowest BCUT2D eigenvalue weighted by atomic mass is 9.80. The molecule has 1 saturated carbocycles. The molecular formula is C18H26N2O. The third kappa shape index (κ3) is 2.71. The van der Waals surface area contributed by atoms with Crippen molar-refractivity contribution in [1.29, 1.82) is 0 Å². The Morgan fingerprint density at radius 3 is 2.67 bits per heavy atom. The van der Waals surface area contributed by atoms with Gasteiger partial charge in [0.1, 0.15) is 0 Å². The maximum Gasteiger partial charge on any atom is 0.242 e. The van der Waals surface area contributed by atoms with E-state index in [-0.39, 0.29) is 11.9 Å². The Hall–Kier alpha value is -1.35. The number of carbonyl (C=O) groups is 1. The molecule has 21 heavy (non-hydrogen) atoms. The van der Waals surface area contributed by atoms with Gasteiger partial charge in [0.15, 0.2) is 0 Å². The molecular weight excluding hydrogens is 260 g/mol. The van der Waals surface area contributed by atoms with Crippen molar-refractivity contribution in [3.8, 4) is 0 Å². The van der Waals surface area contributed by atoms with Gasteiger partial charge < -0.3 is 10.6 Å². The first-order chi connectivity index (χ1) is 10.1. The average molecular weight is 286 g/mol. The lowest BCUT2D eigenvalue weighted by molar-refractivity contribution is -0.139. The van der Waals surface area contributed by atoms with Crippen LogP contribution in [0, 0.1) is 0 Å². The van der Waals surface area contributed by atoms with Crippen LogP contribution in [0.15, 0.2) is 24.3 Å². The number of carbonyl (C=O) groups excluding carboxylic acids is 1. The average Bonchev–Trinajstić information content (AvgIpc) is 2.53. The highest BCUT2D eigenvalue weighted by Crippen LogP contribution is 2.36. The van der Waals surface area contributed by atoms with Crippen LogP contribution in [-0.2, 0) is 11.2 Å². The highest BCUT2D eigenvalue weighted by Gasteiger charge is 2.40. The van der Waals surface area contributed by atoms with Crippen molar-refractivity contribution in [3.63, 3.8) is 0 Å². The Morgan fingerprint density at radius 1 is 1.19 bits per heavy atom. The number of nitrogens with two attached hydrogens (primary N) is 1. The summed E-state index contributed by atoms with van der Waals surface area (Å²) < 4.78 is 0. The molecule has 0 spiro atoms. The monoisotopic (exact) mass is 286 g/mol. The molecule has 0 aliphatic heterocycles. The first kappa shape index (κ1) is 14.6. The molecule has 1 aromatic rings. The number of likely N-dealkylation sites (N-methyl/N-ethyl adjacent to an activating group) is 1. The molecule has 2 aliphatic carbocycles. The van der Waals surface area contributed by atoms with Crippen molar-refractivity contribution < 1.29 is 4.79 Å². The van der Waals surface area contributed by atoms with Gasteiger partial charge in [-0.1, -0.05) is 43.5 Å². The van der Waals surface area contributed by atoms with Crippen molar-refractivity contribution in [3.05, 3.63) is 35.4 Å². The molecule has 1 unspecified atom stereocenters. The van der Waals surface area contributed by atoms with Crippen molar-refractivity contribution in [2.45, 2.75) is 62.9 Å². The normalized spacial score (nSPS) is 24.2. The summed E-state index contributed by atoms with van der Waals surface area (Å²) in [5, 5.41) is 0. The maximum absolute atomic E-state index is 12.9. The summed E-state index contributed by atoms with van der Waals surface area (Å²) in [6.45, 7) is 0. The summed E-state index contributed by atoms with van der Waals surface area (Å²) in [5.41, 5.74) is 8.52. The van der Waals surface area contributed by atoms with Gasteiger partial charge in [0.05, 0.1) is 11.6 Å². The third-order valence-electron chi connectivity index (χ3n) is 5.30. The van der Waals surface area contributed by atoms with Crippen LogP contribution in [0.1, 0.15) is 62.1 Å². The summed E-state index contributed by atoms with van der Waals surface area (Å²) >= 11 is 0. The summed E-state index contributed by atoms with van der Waals surface area (Å²) in [5.74, 6) is 0.143. The van der Waals surface area contributed by atoms with E-state index in [4.69, 9.17) is 5.73 Å². The molecule has 1 atom stereocenters. The number of hydrogen-bond donors (Lipinski definition) is 1. The predicted molar refractivity (Wildman–Crippen MR) is 84.9 cm³/mol. The van der Waals surface area contributed by atoms with E-state index in [1.807, 2.05) is 11.9 Å². The lowest BCUT2D eigenvalue weighted by Gasteiger charge is -2.40. The Labute approximate surface area is 127 Å². The predicted octanol–water partition coefficient (Wildman–Crippen LogP) is 3.18. The minimum Gasteiger partial charge on any atom is -0.337 e. The first-order valence-corrected chi connectivity index (χ1v) is 8.26. The smallest absolute Gasteiger partial charge is 0.242 e. The largest absolute Gasteiger partial charge is 0.337 e. The molecule has 3 rings (SSSR count). The Balaban J connectivity index is 1.82. The quantitative estimate of drug-likeness (QED) is 0.907. The topological polar surface area (TPSA) is 46.3 Å². The van der Waals surface area contributed by atoms with Gasteiger partial charge in [-0.25, -0.2) is 0 Å². The summed E-state index contributed by atoms with van der Waals surface area (Å²) in [6.07, 6.45) is 8.38. The summed E-state index contributed by atoms with van der Waals surface area (Å²) in [6, 6.07) is 8.74. The molecule has 3 heteroatoms. The number of benzene rings is 1. The van der Waals surface area contributed by atoms with E-state index in [1.54, 1.807) is 0 Å². The number of rotatable bonds is 2. The van der Waals surface area contributed by atoms with E-state index >= 15 is 0 Å². The van der Waals surface area contributed by atoms with Gasteiger partial charge in [-0.05, 0) is 43.2 Å². The zero-order valence-corrected chi connectivity index (χ0v) is 13.0. The number of nitrogens with zero attached hydrogens (tertiary/aromatic N) is 1. The van der Waals surface area contributed by atoms with Crippen LogP contribution >= 0.6 is 0 Å². The molecule has 114 valence electrons. The van der Waals surface area contributed by atoms with E-state index < -0.39 is 5.54 Å². The highest BCUT2D eigenvalue weighted by atomic mass is 16.2. The molecule has 0 bridgehead atoms. The van der Waals surface area contributed by atoms with Gasteiger partial charge in [-0.2, -0.15) is 0 Å². The molecule has 3 nitrogen and oxygen atoms in total. The lowest BCUT2D eigenvalue weighted by Crippen LogP contribution is -2.56. The van der Waals surface area contributed by atoms with Gasteiger partial charge in [-0.3, -0.25) is 4.79 Å². The minimum absolute atomic E-state index is 0.143. The number of amides is 1. The second kappa shape index (κ2) is 5.80. The fourth-order valence-corrected chi connectivity index (χ4v) is 4.02. The van der Waals surface area contributed by atoms with E-state index in [2.05, 4.69) is 24.3 Å². The van der Waals surface area contributed by atoms with E-state index in [0.717, 1.165) is 44.9 Å². The highest BCUT2D eigenvalue weighted by molar-refractivity contribution is 5.86. The van der Waals surface area contributed by atoms with Crippen LogP contribution in [0.5, 0.6) is 0 Å². The Morgan fingerprint density at radius 2 is 1.90 bits per heavy atom. The molecule has 1 amide bonds. The zero-order valence-electron chi connectivity index (χ0n) is 13.0. The molecule has 2 N–H and O–H groups in total. The Bertz CT molecular complexity index is 520. The van der Waals surface area contributed by atoms with Crippen LogP contribution in [-0.4, -0.2) is 23.4 Å². The van der Waals surface area contributed by atoms with Gasteiger partial charge in [-0.15, -0.1) is 0 Å². The molecule has 0 radical (unpaired) electrons. The van der Waals surface area contributed by atoms with E-state index in [1.165, 1.54) is 17.5 Å². The van der Waals surface area contributed by atoms with Crippen molar-refractivity contribution in [1.82, 2.24) is 4.90 Å². The first-order valence-electron chi connectivity index (χ1n) is 8.26. The van der Waals surface area contributed by atoms with Crippen molar-refractivity contribution >= 4 is 5.91 Å². The fraction of sp³-hybridized carbons (Fsp3) is 0.611. The third-order valence-corrected chi connectivity index (χ3v) is 5.30. The second-order valence-corrected chi connectivity index (χ2v) is 6.74. The molecule has 1 aromatic carbocycles. The second-order valence-electron chi connectivity index (χ2n) is 6.74. The maximum atomic E-state index is 12.9. The standard InChI is InChI=1S/C18H26N2O/c1-20(17(21)18(19)12-5-2-6-13-18)16-11-7-9-14-8-3-4-10-15(14)16/h3-4,8,10,16H,2,5-7,9,11-13,19H2,1H3. The number of aryl methyl sites for hydroxylation is 1. The molecule has 1 fully saturated rings. The van der Waals surface area contributed by atoms with Crippen LogP contribution in [0.25, 0.3) is 0 Å². The van der Waals surface area contributed by atoms with Crippen molar-refractivity contribution in [2.24, 2.45) is 5.73 Å². The van der Waals surface area contributed by atoms with Crippen LogP contribution < -0.4 is 5.73 Å². The fourth-order valence-electron chi connectivity index (χ4n) is 4.02. The number of fused-ring (bicyclic) bond motifs is 1. The van der Waals surface area contributed by atoms with E-state index in [0.29, 0.717) is 0 Å². The van der Waals surface area contributed by atoms with Gasteiger partial charge in [0.2, 0.25) is 5.91 Å². The SMILES string of the molecule is CN(C(=O)C1(N)CCCCC1)C1CCCc2ccccc21. The van der Waals surface area contributed by atoms with Gasteiger partial charge in [0, 0.05) is 7.05 Å². The summed E-state index contributed by atoms with van der Waals surface area (Å²) in [4.78, 5) is 14.9. The Kier molecular flexibility index (Phi) is 4.03. The van der Waals surface area contributed by atoms with Crippen LogP contribution in [0.4, 0.5) is 0 Å². The number of hydrogen-bond acceptors (Lipinski definition) is 2. The van der Waals surface area contributed by atoms with E-state index in [9.17, 15) is 4.79 Å². The molecule has 0 saturated heterocycles. The van der Waals surface area contributed by atoms with Crippen LogP contribution in [0.2, 0.25) is 0 Å². The molecule has 2 aliphatic rings. The molecule has 0 aromatic heterocycles. The van der Waals surface area contributed by atoms with Gasteiger partial charge >= 0.3 is 0 Å².